The Balaban J connectivity index is 0.000000364. The van der Waals surface area contributed by atoms with E-state index in [9.17, 15) is 0 Å². The third-order valence-corrected chi connectivity index (χ3v) is 3.65. The Labute approximate surface area is 160 Å². The Hall–Kier alpha value is 0.0735. The van der Waals surface area contributed by atoms with Crippen LogP contribution in [0.25, 0.3) is 0 Å². The Morgan fingerprint density at radius 1 is 0.571 bits per heavy atom. The molecular formula is C16H18NiS4. The van der Waals surface area contributed by atoms with Crippen molar-refractivity contribution < 1.29 is 16.5 Å². The molecule has 0 nitrogen and oxygen atoms in total. The van der Waals surface area contributed by atoms with Gasteiger partial charge in [-0.1, -0.05) is 20.3 Å². The van der Waals surface area contributed by atoms with Crippen molar-refractivity contribution in [2.24, 2.45) is 0 Å². The normalized spacial score (nSPS) is 9.05. The minimum absolute atomic E-state index is 0. The summed E-state index contributed by atoms with van der Waals surface area (Å²) in [7, 11) is 0. The summed E-state index contributed by atoms with van der Waals surface area (Å²) in [5.74, 6) is 0. The molecule has 0 aromatic heterocycles. The maximum Gasteiger partial charge on any atom is 2.00 e. The van der Waals surface area contributed by atoms with E-state index in [1.807, 2.05) is 48.5 Å². The molecular weight excluding hydrogens is 379 g/mol. The minimum Gasteiger partial charge on any atom is -0.206 e. The van der Waals surface area contributed by atoms with Crippen LogP contribution in [-0.4, -0.2) is 0 Å². The first-order valence-electron chi connectivity index (χ1n) is 6.04. The largest absolute Gasteiger partial charge is 2.00 e. The summed E-state index contributed by atoms with van der Waals surface area (Å²) in [5, 5.41) is 0. The minimum atomic E-state index is 0. The van der Waals surface area contributed by atoms with Crippen LogP contribution >= 0.6 is 50.5 Å². The van der Waals surface area contributed by atoms with E-state index in [4.69, 9.17) is 0 Å². The number of aryl methyl sites for hydroxylation is 2. The molecule has 0 aliphatic rings. The molecule has 2 aromatic rings. The van der Waals surface area contributed by atoms with Gasteiger partial charge >= 0.3 is 16.5 Å². The van der Waals surface area contributed by atoms with E-state index in [0.717, 1.165) is 20.3 Å². The summed E-state index contributed by atoms with van der Waals surface area (Å²) in [5.41, 5.74) is 4.65. The fourth-order valence-electron chi connectivity index (χ4n) is 1.41. The number of hydrogen-bond acceptors (Lipinski definition) is 4. The van der Waals surface area contributed by atoms with Gasteiger partial charge in [0.1, 0.15) is 0 Å². The van der Waals surface area contributed by atoms with Gasteiger partial charge in [0.05, 0.1) is 0 Å². The van der Waals surface area contributed by atoms with Crippen LogP contribution < -0.4 is 0 Å². The Morgan fingerprint density at radius 2 is 0.810 bits per heavy atom. The SMILES string of the molecule is Cc1ccc([C-](S)S)cc1.Cc1ccc([C-](S)S)cc1.[Ni+2]. The van der Waals surface area contributed by atoms with E-state index in [0.29, 0.717) is 0 Å². The van der Waals surface area contributed by atoms with Gasteiger partial charge in [-0.25, -0.2) is 50.5 Å². The maximum absolute atomic E-state index is 4.10. The average molecular weight is 397 g/mol. The molecule has 2 rings (SSSR count). The monoisotopic (exact) mass is 396 g/mol. The fraction of sp³-hybridized carbons (Fsp3) is 0.125. The molecule has 0 heterocycles. The van der Waals surface area contributed by atoms with Crippen LogP contribution in [0.4, 0.5) is 0 Å². The molecule has 0 unspecified atom stereocenters. The molecule has 0 spiro atoms. The molecule has 116 valence electrons. The van der Waals surface area contributed by atoms with Gasteiger partial charge in [-0.3, -0.25) is 0 Å². The predicted octanol–water partition coefficient (Wildman–Crippen LogP) is 5.38. The van der Waals surface area contributed by atoms with E-state index in [-0.39, 0.29) is 16.5 Å². The zero-order valence-corrected chi connectivity index (χ0v) is 16.3. The summed E-state index contributed by atoms with van der Waals surface area (Å²) >= 11 is 16.4. The first-order chi connectivity index (χ1) is 9.40. The molecule has 0 aliphatic carbocycles. The van der Waals surface area contributed by atoms with Crippen LogP contribution in [0.2, 0.25) is 0 Å². The molecule has 0 radical (unpaired) electrons. The third kappa shape index (κ3) is 8.32. The second kappa shape index (κ2) is 10.7. The van der Waals surface area contributed by atoms with Crippen molar-refractivity contribution >= 4 is 50.5 Å². The van der Waals surface area contributed by atoms with Crippen LogP contribution in [0.3, 0.4) is 0 Å². The summed E-state index contributed by atoms with van der Waals surface area (Å²) in [6.45, 7) is 4.11. The third-order valence-electron chi connectivity index (χ3n) is 2.62. The molecule has 0 fully saturated rings. The smallest absolute Gasteiger partial charge is 0.206 e. The van der Waals surface area contributed by atoms with Crippen molar-refractivity contribution in [1.29, 1.82) is 0 Å². The van der Waals surface area contributed by atoms with Crippen LogP contribution in [0.5, 0.6) is 0 Å². The molecule has 2 aromatic carbocycles. The van der Waals surface area contributed by atoms with Gasteiger partial charge in [-0.05, 0) is 13.8 Å². The summed E-state index contributed by atoms with van der Waals surface area (Å²) in [6.07, 6.45) is 0. The van der Waals surface area contributed by atoms with Gasteiger partial charge in [0, 0.05) is 0 Å². The van der Waals surface area contributed by atoms with Crippen LogP contribution in [0.15, 0.2) is 48.5 Å². The first-order valence-corrected chi connectivity index (χ1v) is 7.83. The Bertz CT molecular complexity index is 457. The Kier molecular flexibility index (Phi) is 10.8. The molecule has 5 heteroatoms. The molecule has 0 amide bonds. The van der Waals surface area contributed by atoms with Crippen LogP contribution in [0.1, 0.15) is 22.3 Å². The topological polar surface area (TPSA) is 0 Å². The predicted molar refractivity (Wildman–Crippen MR) is 103 cm³/mol. The Morgan fingerprint density at radius 3 is 1.00 bits per heavy atom. The molecule has 0 aliphatic heterocycles. The quantitative estimate of drug-likeness (QED) is 0.292. The summed E-state index contributed by atoms with van der Waals surface area (Å²) in [4.78, 5) is 0. The number of rotatable bonds is 2. The van der Waals surface area contributed by atoms with E-state index >= 15 is 0 Å². The van der Waals surface area contributed by atoms with Gasteiger partial charge in [-0.15, -0.1) is 24.3 Å². The van der Waals surface area contributed by atoms with E-state index in [1.54, 1.807) is 0 Å². The van der Waals surface area contributed by atoms with Crippen molar-refractivity contribution in [3.63, 3.8) is 0 Å². The van der Waals surface area contributed by atoms with Crippen molar-refractivity contribution in [3.05, 3.63) is 79.9 Å². The number of benzene rings is 2. The molecule has 0 saturated carbocycles. The van der Waals surface area contributed by atoms with Crippen LogP contribution in [0, 0.1) is 23.0 Å². The molecule has 0 N–H and O–H groups in total. The number of thiol groups is 4. The fourth-order valence-corrected chi connectivity index (χ4v) is 2.00. The van der Waals surface area contributed by atoms with Crippen molar-refractivity contribution in [1.82, 2.24) is 0 Å². The molecule has 0 bridgehead atoms. The van der Waals surface area contributed by atoms with E-state index in [2.05, 4.69) is 64.4 Å². The molecule has 0 saturated heterocycles. The maximum atomic E-state index is 4.10. The van der Waals surface area contributed by atoms with Gasteiger partial charge in [0.25, 0.3) is 0 Å². The van der Waals surface area contributed by atoms with Crippen molar-refractivity contribution in [3.8, 4) is 0 Å². The van der Waals surface area contributed by atoms with Gasteiger partial charge < -0.3 is 0 Å². The summed E-state index contributed by atoms with van der Waals surface area (Å²) in [6, 6.07) is 16.2. The zero-order chi connectivity index (χ0) is 15.1. The molecule has 0 atom stereocenters. The van der Waals surface area contributed by atoms with Crippen molar-refractivity contribution in [2.75, 3.05) is 0 Å². The zero-order valence-electron chi connectivity index (χ0n) is 11.7. The average Bonchev–Trinajstić information content (AvgIpc) is 2.40. The van der Waals surface area contributed by atoms with Gasteiger partial charge in [0.2, 0.25) is 0 Å². The second-order valence-corrected chi connectivity index (χ2v) is 6.87. The number of hydrogen-bond donors (Lipinski definition) is 4. The molecule has 21 heavy (non-hydrogen) atoms. The first kappa shape index (κ1) is 21.1. The second-order valence-electron chi connectivity index (χ2n) is 4.38. The van der Waals surface area contributed by atoms with Crippen LogP contribution in [-0.2, 0) is 16.5 Å². The van der Waals surface area contributed by atoms with E-state index in [1.165, 1.54) is 11.1 Å². The van der Waals surface area contributed by atoms with Gasteiger partial charge in [0.15, 0.2) is 0 Å². The standard InChI is InChI=1S/2C8H9S2.Ni/c2*1-6-2-4-7(5-3-6)8(9)10;/h2*2-5,9-10H,1H3;/q2*-1;+2. The van der Waals surface area contributed by atoms with E-state index < -0.39 is 0 Å². The van der Waals surface area contributed by atoms with Gasteiger partial charge in [-0.2, -0.15) is 35.4 Å². The van der Waals surface area contributed by atoms with Crippen molar-refractivity contribution in [2.45, 2.75) is 13.8 Å². The summed E-state index contributed by atoms with van der Waals surface area (Å²) < 4.78 is 1.53.